The summed E-state index contributed by atoms with van der Waals surface area (Å²) in [5.41, 5.74) is 0. The summed E-state index contributed by atoms with van der Waals surface area (Å²) >= 11 is 0. The van der Waals surface area contributed by atoms with Crippen LogP contribution in [-0.2, 0) is 9.47 Å². The summed E-state index contributed by atoms with van der Waals surface area (Å²) in [6, 6.07) is 0. The van der Waals surface area contributed by atoms with Crippen LogP contribution in [-0.4, -0.2) is 40.0 Å². The molecule has 0 radical (unpaired) electrons. The van der Waals surface area contributed by atoms with Gasteiger partial charge in [0.15, 0.2) is 0 Å². The summed E-state index contributed by atoms with van der Waals surface area (Å²) in [6.45, 7) is 4.85. The minimum atomic E-state index is 0.743. The van der Waals surface area contributed by atoms with Crippen LogP contribution in [0.15, 0.2) is 0 Å². The van der Waals surface area contributed by atoms with Crippen LogP contribution in [0.1, 0.15) is 12.8 Å². The van der Waals surface area contributed by atoms with Crippen molar-refractivity contribution >= 4 is 0 Å². The summed E-state index contributed by atoms with van der Waals surface area (Å²) < 4.78 is 10.4. The van der Waals surface area contributed by atoms with Gasteiger partial charge >= 0.3 is 0 Å². The predicted molar refractivity (Wildman–Crippen MR) is 48.3 cm³/mol. The zero-order valence-electron chi connectivity index (χ0n) is 7.84. The fourth-order valence-corrected chi connectivity index (χ4v) is 1.41. The van der Waals surface area contributed by atoms with Crippen LogP contribution in [0, 0.1) is 5.92 Å². The molecule has 0 unspecified atom stereocenters. The molecule has 1 rings (SSSR count). The Labute approximate surface area is 74.4 Å². The molecule has 0 aromatic rings. The molecule has 3 heteroatoms. The first-order valence-electron chi connectivity index (χ1n) is 4.71. The normalized spacial score (nSPS) is 23.2. The van der Waals surface area contributed by atoms with E-state index in [2.05, 4.69) is 5.32 Å². The van der Waals surface area contributed by atoms with Crippen LogP contribution in [0.25, 0.3) is 0 Å². The van der Waals surface area contributed by atoms with Gasteiger partial charge in [0.05, 0.1) is 6.61 Å². The van der Waals surface area contributed by atoms with Gasteiger partial charge < -0.3 is 14.8 Å². The molecule has 0 aromatic heterocycles. The molecule has 1 saturated heterocycles. The van der Waals surface area contributed by atoms with Gasteiger partial charge in [-0.1, -0.05) is 0 Å². The molecule has 12 heavy (non-hydrogen) atoms. The Morgan fingerprint density at radius 1 is 1.42 bits per heavy atom. The molecule has 3 nitrogen and oxygen atoms in total. The molecule has 0 bridgehead atoms. The Morgan fingerprint density at radius 3 is 3.00 bits per heavy atom. The quantitative estimate of drug-likeness (QED) is 0.598. The van der Waals surface area contributed by atoms with Crippen LogP contribution in [0.5, 0.6) is 0 Å². The highest BCUT2D eigenvalue weighted by Gasteiger charge is 2.13. The maximum Gasteiger partial charge on any atom is 0.0506 e. The second-order valence-electron chi connectivity index (χ2n) is 3.28. The SMILES string of the molecule is COCCCOC[C@@H]1CCNC1. The van der Waals surface area contributed by atoms with Crippen molar-refractivity contribution in [3.05, 3.63) is 0 Å². The lowest BCUT2D eigenvalue weighted by Crippen LogP contribution is -2.14. The van der Waals surface area contributed by atoms with Gasteiger partial charge in [0.25, 0.3) is 0 Å². The van der Waals surface area contributed by atoms with E-state index in [4.69, 9.17) is 9.47 Å². The second kappa shape index (κ2) is 6.40. The second-order valence-corrected chi connectivity index (χ2v) is 3.28. The van der Waals surface area contributed by atoms with Crippen molar-refractivity contribution in [2.24, 2.45) is 5.92 Å². The van der Waals surface area contributed by atoms with E-state index in [1.165, 1.54) is 6.42 Å². The molecule has 0 aliphatic carbocycles. The molecule has 0 aromatic carbocycles. The summed E-state index contributed by atoms with van der Waals surface area (Å²) in [4.78, 5) is 0. The van der Waals surface area contributed by atoms with Gasteiger partial charge in [-0.2, -0.15) is 0 Å². The van der Waals surface area contributed by atoms with E-state index in [1.54, 1.807) is 7.11 Å². The van der Waals surface area contributed by atoms with Gasteiger partial charge in [-0.25, -0.2) is 0 Å². The molecule has 0 spiro atoms. The average Bonchev–Trinajstić information content (AvgIpc) is 2.57. The smallest absolute Gasteiger partial charge is 0.0506 e. The fraction of sp³-hybridized carbons (Fsp3) is 1.00. The average molecular weight is 173 g/mol. The van der Waals surface area contributed by atoms with Crippen molar-refractivity contribution in [2.45, 2.75) is 12.8 Å². The third-order valence-corrected chi connectivity index (χ3v) is 2.15. The maximum absolute atomic E-state index is 5.50. The van der Waals surface area contributed by atoms with Gasteiger partial charge in [-0.15, -0.1) is 0 Å². The van der Waals surface area contributed by atoms with Crippen LogP contribution < -0.4 is 5.32 Å². The number of methoxy groups -OCH3 is 1. The number of nitrogens with one attached hydrogen (secondary N) is 1. The molecule has 72 valence electrons. The highest BCUT2D eigenvalue weighted by atomic mass is 16.5. The number of hydrogen-bond acceptors (Lipinski definition) is 3. The summed E-state index contributed by atoms with van der Waals surface area (Å²) in [6.07, 6.45) is 2.28. The molecule has 1 aliphatic rings. The number of rotatable bonds is 6. The van der Waals surface area contributed by atoms with Crippen molar-refractivity contribution in [1.82, 2.24) is 5.32 Å². The molecule has 1 heterocycles. The van der Waals surface area contributed by atoms with Crippen LogP contribution >= 0.6 is 0 Å². The van der Waals surface area contributed by atoms with Crippen molar-refractivity contribution in [3.8, 4) is 0 Å². The lowest BCUT2D eigenvalue weighted by molar-refractivity contribution is 0.0828. The molecule has 1 atom stereocenters. The van der Waals surface area contributed by atoms with E-state index in [1.807, 2.05) is 0 Å². The molecule has 1 fully saturated rings. The third kappa shape index (κ3) is 4.04. The first-order valence-corrected chi connectivity index (χ1v) is 4.71. The summed E-state index contributed by atoms with van der Waals surface area (Å²) in [5.74, 6) is 0.743. The maximum atomic E-state index is 5.50. The molecular formula is C9H19NO2. The largest absolute Gasteiger partial charge is 0.385 e. The lowest BCUT2D eigenvalue weighted by Gasteiger charge is -2.08. The number of hydrogen-bond donors (Lipinski definition) is 1. The Hall–Kier alpha value is -0.120. The van der Waals surface area contributed by atoms with Gasteiger partial charge in [0.1, 0.15) is 0 Å². The highest BCUT2D eigenvalue weighted by Crippen LogP contribution is 2.07. The number of ether oxygens (including phenoxy) is 2. The Balaban J connectivity index is 1.81. The molecular weight excluding hydrogens is 154 g/mol. The van der Waals surface area contributed by atoms with E-state index in [0.29, 0.717) is 0 Å². The molecule has 1 aliphatic heterocycles. The zero-order valence-corrected chi connectivity index (χ0v) is 7.84. The molecule has 0 amide bonds. The van der Waals surface area contributed by atoms with E-state index in [0.717, 1.165) is 45.2 Å². The zero-order chi connectivity index (χ0) is 8.65. The van der Waals surface area contributed by atoms with Gasteiger partial charge in [0, 0.05) is 26.9 Å². The van der Waals surface area contributed by atoms with Crippen molar-refractivity contribution in [1.29, 1.82) is 0 Å². The van der Waals surface area contributed by atoms with Gasteiger partial charge in [-0.05, 0) is 25.3 Å². The van der Waals surface area contributed by atoms with Crippen LogP contribution in [0.2, 0.25) is 0 Å². The van der Waals surface area contributed by atoms with Crippen LogP contribution in [0.4, 0.5) is 0 Å². The van der Waals surface area contributed by atoms with E-state index in [-0.39, 0.29) is 0 Å². The third-order valence-electron chi connectivity index (χ3n) is 2.15. The van der Waals surface area contributed by atoms with Gasteiger partial charge in [0.2, 0.25) is 0 Å². The first-order chi connectivity index (χ1) is 5.93. The summed E-state index contributed by atoms with van der Waals surface area (Å²) in [5, 5.41) is 3.32. The monoisotopic (exact) mass is 173 g/mol. The molecule has 1 N–H and O–H groups in total. The lowest BCUT2D eigenvalue weighted by atomic mass is 10.1. The van der Waals surface area contributed by atoms with E-state index in [9.17, 15) is 0 Å². The standard InChI is InChI=1S/C9H19NO2/c1-11-5-2-6-12-8-9-3-4-10-7-9/h9-10H,2-8H2,1H3/t9-/m1/s1. The van der Waals surface area contributed by atoms with Crippen molar-refractivity contribution in [2.75, 3.05) is 40.0 Å². The minimum Gasteiger partial charge on any atom is -0.385 e. The van der Waals surface area contributed by atoms with E-state index < -0.39 is 0 Å². The first kappa shape index (κ1) is 9.96. The van der Waals surface area contributed by atoms with Gasteiger partial charge in [-0.3, -0.25) is 0 Å². The fourth-order valence-electron chi connectivity index (χ4n) is 1.41. The Morgan fingerprint density at radius 2 is 2.33 bits per heavy atom. The van der Waals surface area contributed by atoms with Crippen molar-refractivity contribution < 1.29 is 9.47 Å². The topological polar surface area (TPSA) is 30.5 Å². The predicted octanol–water partition coefficient (Wildman–Crippen LogP) is 0.649. The summed E-state index contributed by atoms with van der Waals surface area (Å²) in [7, 11) is 1.72. The van der Waals surface area contributed by atoms with E-state index >= 15 is 0 Å². The van der Waals surface area contributed by atoms with Crippen molar-refractivity contribution in [3.63, 3.8) is 0 Å². The Kier molecular flexibility index (Phi) is 5.32. The minimum absolute atomic E-state index is 0.743. The highest BCUT2D eigenvalue weighted by molar-refractivity contribution is 4.69. The molecule has 0 saturated carbocycles. The Bertz CT molecular complexity index is 103. The van der Waals surface area contributed by atoms with Crippen LogP contribution in [0.3, 0.4) is 0 Å².